The smallest absolute Gasteiger partial charge is 0.236 e. The van der Waals surface area contributed by atoms with Crippen molar-refractivity contribution in [3.8, 4) is 11.5 Å². The Kier molecular flexibility index (Phi) is 7.49. The lowest BCUT2D eigenvalue weighted by atomic mass is 10.1. The summed E-state index contributed by atoms with van der Waals surface area (Å²) >= 11 is 0. The molecule has 1 N–H and O–H groups in total. The summed E-state index contributed by atoms with van der Waals surface area (Å²) in [5.74, 6) is 1.50. The van der Waals surface area contributed by atoms with Crippen LogP contribution < -0.4 is 14.8 Å². The Bertz CT molecular complexity index is 797. The van der Waals surface area contributed by atoms with E-state index in [2.05, 4.69) is 17.1 Å². The molecule has 0 radical (unpaired) electrons. The van der Waals surface area contributed by atoms with E-state index >= 15 is 0 Å². The number of hydrogen-bond acceptors (Lipinski definition) is 5. The van der Waals surface area contributed by atoms with Gasteiger partial charge in [-0.05, 0) is 30.2 Å². The molecule has 1 amide bonds. The van der Waals surface area contributed by atoms with E-state index in [1.807, 2.05) is 55.6 Å². The van der Waals surface area contributed by atoms with Gasteiger partial charge in [0, 0.05) is 39.3 Å². The number of methoxy groups -OCH3 is 1. The lowest BCUT2D eigenvalue weighted by molar-refractivity contribution is -0.132. The molecule has 29 heavy (non-hydrogen) atoms. The van der Waals surface area contributed by atoms with Crippen LogP contribution in [0.5, 0.6) is 11.5 Å². The van der Waals surface area contributed by atoms with Crippen LogP contribution in [0.15, 0.2) is 48.5 Å². The molecule has 1 heterocycles. The van der Waals surface area contributed by atoms with E-state index in [4.69, 9.17) is 9.47 Å². The quantitative estimate of drug-likeness (QED) is 0.742. The van der Waals surface area contributed by atoms with E-state index in [0.29, 0.717) is 37.2 Å². The first-order valence-electron chi connectivity index (χ1n) is 10.1. The number of carbonyl (C=O) groups is 1. The first-order chi connectivity index (χ1) is 14.1. The molecular weight excluding hydrogens is 366 g/mol. The third-order valence-electron chi connectivity index (χ3n) is 5.29. The van der Waals surface area contributed by atoms with Gasteiger partial charge in [0.15, 0.2) is 11.5 Å². The fourth-order valence-electron chi connectivity index (χ4n) is 3.44. The van der Waals surface area contributed by atoms with Crippen LogP contribution in [0.1, 0.15) is 18.1 Å². The van der Waals surface area contributed by atoms with Crippen molar-refractivity contribution in [2.24, 2.45) is 0 Å². The van der Waals surface area contributed by atoms with E-state index in [-0.39, 0.29) is 5.91 Å². The normalized spacial score (nSPS) is 17.0. The summed E-state index contributed by atoms with van der Waals surface area (Å²) in [4.78, 5) is 16.7. The minimum absolute atomic E-state index is 0.127. The summed E-state index contributed by atoms with van der Waals surface area (Å²) in [6.07, 6.45) is 0. The fraction of sp³-hybridized carbons (Fsp3) is 0.435. The topological polar surface area (TPSA) is 54.0 Å². The molecule has 0 aliphatic carbocycles. The van der Waals surface area contributed by atoms with Crippen LogP contribution in [0, 0.1) is 0 Å². The predicted octanol–water partition coefficient (Wildman–Crippen LogP) is 2.53. The van der Waals surface area contributed by atoms with Crippen molar-refractivity contribution in [3.05, 3.63) is 59.7 Å². The molecule has 2 aromatic carbocycles. The van der Waals surface area contributed by atoms with Crippen molar-refractivity contribution < 1.29 is 14.3 Å². The second kappa shape index (κ2) is 10.3. The summed E-state index contributed by atoms with van der Waals surface area (Å²) in [6, 6.07) is 16.2. The number of benzene rings is 2. The second-order valence-corrected chi connectivity index (χ2v) is 7.53. The van der Waals surface area contributed by atoms with Crippen LogP contribution in [-0.2, 0) is 17.9 Å². The highest BCUT2D eigenvalue weighted by Crippen LogP contribution is 2.29. The zero-order valence-corrected chi connectivity index (χ0v) is 17.6. The van der Waals surface area contributed by atoms with Gasteiger partial charge in [-0.1, -0.05) is 36.4 Å². The molecule has 0 saturated carbocycles. The maximum absolute atomic E-state index is 12.6. The Balaban J connectivity index is 1.57. The number of hydrogen-bond donors (Lipinski definition) is 1. The van der Waals surface area contributed by atoms with Crippen LogP contribution in [-0.4, -0.2) is 62.1 Å². The molecule has 1 atom stereocenters. The molecule has 0 aromatic heterocycles. The van der Waals surface area contributed by atoms with Gasteiger partial charge in [-0.25, -0.2) is 0 Å². The Morgan fingerprint density at radius 1 is 1.17 bits per heavy atom. The second-order valence-electron chi connectivity index (χ2n) is 7.53. The largest absolute Gasteiger partial charge is 0.493 e. The molecule has 3 rings (SSSR count). The number of carbonyl (C=O) groups excluding carboxylic acids is 1. The standard InChI is InChI=1S/C23H31N3O3/c1-18-14-24-11-12-26(18)16-23(27)25(2)15-20-9-10-21(22(13-20)28-3)29-17-19-7-5-4-6-8-19/h4-10,13,18,24H,11-12,14-17H2,1-3H3/t18-/m0/s1. The van der Waals surface area contributed by atoms with Crippen molar-refractivity contribution in [3.63, 3.8) is 0 Å². The molecule has 6 nitrogen and oxygen atoms in total. The fourth-order valence-corrected chi connectivity index (χ4v) is 3.44. The third-order valence-corrected chi connectivity index (χ3v) is 5.29. The minimum atomic E-state index is 0.127. The number of nitrogens with one attached hydrogen (secondary N) is 1. The zero-order valence-electron chi connectivity index (χ0n) is 17.6. The summed E-state index contributed by atoms with van der Waals surface area (Å²) in [5, 5.41) is 3.35. The highest BCUT2D eigenvalue weighted by atomic mass is 16.5. The summed E-state index contributed by atoms with van der Waals surface area (Å²) < 4.78 is 11.4. The molecule has 6 heteroatoms. The van der Waals surface area contributed by atoms with E-state index in [9.17, 15) is 4.79 Å². The molecule has 156 valence electrons. The number of rotatable bonds is 8. The number of piperazine rings is 1. The highest BCUT2D eigenvalue weighted by molar-refractivity contribution is 5.78. The molecule has 1 saturated heterocycles. The Morgan fingerprint density at radius 2 is 1.97 bits per heavy atom. The molecule has 0 spiro atoms. The monoisotopic (exact) mass is 397 g/mol. The first-order valence-corrected chi connectivity index (χ1v) is 10.1. The third kappa shape index (κ3) is 5.95. The Labute approximate surface area is 173 Å². The van der Waals surface area contributed by atoms with Crippen LogP contribution >= 0.6 is 0 Å². The molecule has 0 unspecified atom stereocenters. The van der Waals surface area contributed by atoms with Crippen molar-refractivity contribution in [2.45, 2.75) is 26.1 Å². The minimum Gasteiger partial charge on any atom is -0.493 e. The Morgan fingerprint density at radius 3 is 2.69 bits per heavy atom. The number of likely N-dealkylation sites (N-methyl/N-ethyl adjacent to an activating group) is 1. The molecule has 1 aliphatic heterocycles. The van der Waals surface area contributed by atoms with Gasteiger partial charge >= 0.3 is 0 Å². The van der Waals surface area contributed by atoms with Gasteiger partial charge in [0.05, 0.1) is 13.7 Å². The summed E-state index contributed by atoms with van der Waals surface area (Å²) in [5.41, 5.74) is 2.12. The molecule has 1 aliphatic rings. The predicted molar refractivity (Wildman–Crippen MR) is 114 cm³/mol. The van der Waals surface area contributed by atoms with E-state index in [1.165, 1.54) is 0 Å². The van der Waals surface area contributed by atoms with Gasteiger partial charge in [-0.3, -0.25) is 9.69 Å². The maximum Gasteiger partial charge on any atom is 0.236 e. The molecular formula is C23H31N3O3. The van der Waals surface area contributed by atoms with Crippen LogP contribution in [0.4, 0.5) is 0 Å². The van der Waals surface area contributed by atoms with Crippen LogP contribution in [0.25, 0.3) is 0 Å². The zero-order chi connectivity index (χ0) is 20.6. The average Bonchev–Trinajstić information content (AvgIpc) is 2.75. The lowest BCUT2D eigenvalue weighted by Gasteiger charge is -2.34. The van der Waals surface area contributed by atoms with E-state index in [1.54, 1.807) is 12.0 Å². The SMILES string of the molecule is COc1cc(CN(C)C(=O)CN2CCNC[C@@H]2C)ccc1OCc1ccccc1. The van der Waals surface area contributed by atoms with Gasteiger partial charge in [0.1, 0.15) is 6.61 Å². The van der Waals surface area contributed by atoms with Gasteiger partial charge in [-0.15, -0.1) is 0 Å². The van der Waals surface area contributed by atoms with Crippen molar-refractivity contribution >= 4 is 5.91 Å². The van der Waals surface area contributed by atoms with Crippen LogP contribution in [0.3, 0.4) is 0 Å². The summed E-state index contributed by atoms with van der Waals surface area (Å²) in [6.45, 7) is 6.39. The highest BCUT2D eigenvalue weighted by Gasteiger charge is 2.22. The Hall–Kier alpha value is -2.57. The van der Waals surface area contributed by atoms with Gasteiger partial charge in [-0.2, -0.15) is 0 Å². The van der Waals surface area contributed by atoms with Crippen molar-refractivity contribution in [1.29, 1.82) is 0 Å². The van der Waals surface area contributed by atoms with E-state index in [0.717, 1.165) is 30.8 Å². The number of ether oxygens (including phenoxy) is 2. The molecule has 2 aromatic rings. The van der Waals surface area contributed by atoms with E-state index < -0.39 is 0 Å². The molecule has 0 bridgehead atoms. The number of nitrogens with zero attached hydrogens (tertiary/aromatic N) is 2. The first kappa shape index (κ1) is 21.1. The average molecular weight is 398 g/mol. The van der Waals surface area contributed by atoms with Gasteiger partial charge < -0.3 is 19.7 Å². The van der Waals surface area contributed by atoms with Crippen molar-refractivity contribution in [1.82, 2.24) is 15.1 Å². The molecule has 1 fully saturated rings. The van der Waals surface area contributed by atoms with Gasteiger partial charge in [0.2, 0.25) is 5.91 Å². The van der Waals surface area contributed by atoms with Crippen molar-refractivity contribution in [2.75, 3.05) is 40.3 Å². The lowest BCUT2D eigenvalue weighted by Crippen LogP contribution is -2.52. The van der Waals surface area contributed by atoms with Crippen LogP contribution in [0.2, 0.25) is 0 Å². The summed E-state index contributed by atoms with van der Waals surface area (Å²) in [7, 11) is 3.48. The number of amides is 1. The maximum atomic E-state index is 12.6. The van der Waals surface area contributed by atoms with Gasteiger partial charge in [0.25, 0.3) is 0 Å².